The van der Waals surface area contributed by atoms with Gasteiger partial charge in [-0.3, -0.25) is 0 Å². The van der Waals surface area contributed by atoms with Gasteiger partial charge in [-0.05, 0) is 97.7 Å². The summed E-state index contributed by atoms with van der Waals surface area (Å²) in [6.45, 7) is 6.86. The van der Waals surface area contributed by atoms with E-state index >= 15 is 4.39 Å². The molecule has 0 aromatic heterocycles. The van der Waals surface area contributed by atoms with E-state index in [0.717, 1.165) is 56.9 Å². The van der Waals surface area contributed by atoms with E-state index in [1.165, 1.54) is 29.6 Å². The number of fused-ring (bicyclic) bond motifs is 1. The third-order valence-corrected chi connectivity index (χ3v) is 10.2. The minimum Gasteiger partial charge on any atom is -0.380 e. The van der Waals surface area contributed by atoms with Gasteiger partial charge >= 0.3 is 0 Å². The summed E-state index contributed by atoms with van der Waals surface area (Å²) in [7, 11) is 0. The second-order valence-electron chi connectivity index (χ2n) is 13.5. The lowest BCUT2D eigenvalue weighted by molar-refractivity contribution is 0.0360. The van der Waals surface area contributed by atoms with E-state index in [9.17, 15) is 5.11 Å². The van der Waals surface area contributed by atoms with Gasteiger partial charge in [0.2, 0.25) is 0 Å². The topological polar surface area (TPSA) is 20.2 Å². The SMILES string of the molecule is CC(C)(C)CC1=CC(C(O)(C2=CC=CCC2)C2=C(C3CCC(F)C4CCCCC34)C=CC(Br)C2)CC=C1. The number of halogens is 2. The third kappa shape index (κ3) is 5.74. The molecule has 7 unspecified atom stereocenters. The third-order valence-electron chi connectivity index (χ3n) is 9.61. The highest BCUT2D eigenvalue weighted by Gasteiger charge is 2.48. The Kier molecular flexibility index (Phi) is 8.23. The van der Waals surface area contributed by atoms with Crippen molar-refractivity contribution in [3.8, 4) is 0 Å². The molecule has 0 radical (unpaired) electrons. The van der Waals surface area contributed by atoms with Crippen LogP contribution in [-0.4, -0.2) is 21.7 Å². The Hall–Kier alpha value is -1.19. The standard InChI is InChI=1S/C34H46BrFO/c1-33(2,3)22-23-10-9-13-25(20-23)34(37,24-11-5-4-6-12-24)31-21-26(35)16-17-29(31)28-18-19-32(36)30-15-8-7-14-27(28)30/h4-5,9-11,16-17,20,25-28,30,32,37H,6-8,12-15,18-19,21-22H2,1-3H3. The van der Waals surface area contributed by atoms with Gasteiger partial charge in [-0.25, -0.2) is 4.39 Å². The van der Waals surface area contributed by atoms with Crippen molar-refractivity contribution < 1.29 is 9.50 Å². The van der Waals surface area contributed by atoms with Crippen LogP contribution in [0.2, 0.25) is 0 Å². The predicted molar refractivity (Wildman–Crippen MR) is 157 cm³/mol. The number of alkyl halides is 2. The number of hydrogen-bond acceptors (Lipinski definition) is 1. The van der Waals surface area contributed by atoms with Crippen LogP contribution in [0.1, 0.15) is 91.4 Å². The molecule has 0 saturated heterocycles. The number of allylic oxidation sites excluding steroid dienone is 9. The zero-order valence-electron chi connectivity index (χ0n) is 23.1. The molecule has 2 fully saturated rings. The number of rotatable bonds is 5. The largest absolute Gasteiger partial charge is 0.380 e. The maximum absolute atomic E-state index is 15.1. The molecular weight excluding hydrogens is 523 g/mol. The Morgan fingerprint density at radius 2 is 1.81 bits per heavy atom. The Labute approximate surface area is 232 Å². The second kappa shape index (κ2) is 11.1. The first-order valence-corrected chi connectivity index (χ1v) is 15.7. The molecule has 7 atom stereocenters. The number of hydrogen-bond donors (Lipinski definition) is 1. The van der Waals surface area contributed by atoms with E-state index in [1.54, 1.807) is 0 Å². The smallest absolute Gasteiger partial charge is 0.114 e. The summed E-state index contributed by atoms with van der Waals surface area (Å²) >= 11 is 3.90. The first-order chi connectivity index (χ1) is 17.7. The van der Waals surface area contributed by atoms with Crippen LogP contribution in [0.4, 0.5) is 4.39 Å². The van der Waals surface area contributed by atoms with Crippen LogP contribution >= 0.6 is 15.9 Å². The van der Waals surface area contributed by atoms with Crippen molar-refractivity contribution in [2.45, 2.75) is 108 Å². The summed E-state index contributed by atoms with van der Waals surface area (Å²) in [4.78, 5) is 0.217. The monoisotopic (exact) mass is 568 g/mol. The van der Waals surface area contributed by atoms with Gasteiger partial charge < -0.3 is 5.11 Å². The highest BCUT2D eigenvalue weighted by Crippen LogP contribution is 2.53. The van der Waals surface area contributed by atoms with Crippen molar-refractivity contribution in [1.29, 1.82) is 0 Å². The van der Waals surface area contributed by atoms with Crippen molar-refractivity contribution in [2.24, 2.45) is 29.1 Å². The quantitative estimate of drug-likeness (QED) is 0.327. The van der Waals surface area contributed by atoms with Crippen LogP contribution in [0.15, 0.2) is 70.9 Å². The summed E-state index contributed by atoms with van der Waals surface area (Å²) in [5.74, 6) is 0.967. The van der Waals surface area contributed by atoms with Crippen molar-refractivity contribution in [3.63, 3.8) is 0 Å². The fourth-order valence-electron chi connectivity index (χ4n) is 8.05. The molecule has 0 bridgehead atoms. The average molecular weight is 570 g/mol. The lowest BCUT2D eigenvalue weighted by Gasteiger charge is -2.48. The highest BCUT2D eigenvalue weighted by atomic mass is 79.9. The Morgan fingerprint density at radius 3 is 2.54 bits per heavy atom. The lowest BCUT2D eigenvalue weighted by Crippen LogP contribution is -2.46. The van der Waals surface area contributed by atoms with Gasteiger partial charge in [0.15, 0.2) is 0 Å². The minimum absolute atomic E-state index is 0.0171. The summed E-state index contributed by atoms with van der Waals surface area (Å²) in [5.41, 5.74) is 4.21. The molecule has 0 heterocycles. The lowest BCUT2D eigenvalue weighted by atomic mass is 9.59. The first-order valence-electron chi connectivity index (χ1n) is 14.8. The molecule has 202 valence electrons. The van der Waals surface area contributed by atoms with E-state index in [-0.39, 0.29) is 22.1 Å². The molecule has 5 rings (SSSR count). The van der Waals surface area contributed by atoms with Crippen LogP contribution in [0, 0.1) is 29.1 Å². The molecule has 0 amide bonds. The molecule has 5 aliphatic carbocycles. The van der Waals surface area contributed by atoms with E-state index < -0.39 is 11.8 Å². The van der Waals surface area contributed by atoms with Gasteiger partial charge in [0.05, 0.1) is 0 Å². The Morgan fingerprint density at radius 1 is 1.03 bits per heavy atom. The van der Waals surface area contributed by atoms with Crippen LogP contribution in [0.5, 0.6) is 0 Å². The van der Waals surface area contributed by atoms with Crippen molar-refractivity contribution in [3.05, 3.63) is 70.9 Å². The van der Waals surface area contributed by atoms with Crippen LogP contribution in [0.25, 0.3) is 0 Å². The minimum atomic E-state index is -1.01. The predicted octanol–water partition coefficient (Wildman–Crippen LogP) is 9.51. The van der Waals surface area contributed by atoms with Crippen LogP contribution < -0.4 is 0 Å². The van der Waals surface area contributed by atoms with Gasteiger partial charge in [0, 0.05) is 10.7 Å². The second-order valence-corrected chi connectivity index (χ2v) is 14.6. The van der Waals surface area contributed by atoms with Gasteiger partial charge in [-0.2, -0.15) is 0 Å². The van der Waals surface area contributed by atoms with Crippen molar-refractivity contribution in [1.82, 2.24) is 0 Å². The molecule has 5 aliphatic rings. The molecule has 0 aromatic carbocycles. The summed E-state index contributed by atoms with van der Waals surface area (Å²) < 4.78 is 15.1. The molecule has 0 aliphatic heterocycles. The van der Waals surface area contributed by atoms with Crippen molar-refractivity contribution in [2.75, 3.05) is 0 Å². The maximum Gasteiger partial charge on any atom is 0.114 e. The van der Waals surface area contributed by atoms with Gasteiger partial charge in [0.1, 0.15) is 11.8 Å². The molecule has 0 aromatic rings. The zero-order chi connectivity index (χ0) is 26.2. The van der Waals surface area contributed by atoms with E-state index in [1.807, 2.05) is 0 Å². The fourth-order valence-corrected chi connectivity index (χ4v) is 8.52. The molecule has 0 spiro atoms. The van der Waals surface area contributed by atoms with Gasteiger partial charge in [-0.1, -0.05) is 104 Å². The van der Waals surface area contributed by atoms with E-state index in [0.29, 0.717) is 18.3 Å². The molecule has 3 heteroatoms. The normalized spacial score (nSPS) is 36.1. The van der Waals surface area contributed by atoms with Gasteiger partial charge in [0.25, 0.3) is 0 Å². The molecular formula is C34H46BrFO. The van der Waals surface area contributed by atoms with Crippen molar-refractivity contribution >= 4 is 15.9 Å². The molecule has 2 saturated carbocycles. The Bertz CT molecular complexity index is 1040. The zero-order valence-corrected chi connectivity index (χ0v) is 24.7. The molecule has 37 heavy (non-hydrogen) atoms. The summed E-state index contributed by atoms with van der Waals surface area (Å²) in [6, 6.07) is 0. The van der Waals surface area contributed by atoms with Gasteiger partial charge in [-0.15, -0.1) is 0 Å². The fraction of sp³-hybridized carbons (Fsp3) is 0.647. The van der Waals surface area contributed by atoms with E-state index in [4.69, 9.17) is 0 Å². The highest BCUT2D eigenvalue weighted by molar-refractivity contribution is 9.09. The first kappa shape index (κ1) is 27.4. The van der Waals surface area contributed by atoms with Crippen LogP contribution in [-0.2, 0) is 0 Å². The summed E-state index contributed by atoms with van der Waals surface area (Å²) in [6.07, 6.45) is 28.1. The number of aliphatic hydroxyl groups is 1. The maximum atomic E-state index is 15.1. The average Bonchev–Trinajstić information content (AvgIpc) is 2.88. The van der Waals surface area contributed by atoms with Crippen LogP contribution in [0.3, 0.4) is 0 Å². The van der Waals surface area contributed by atoms with E-state index in [2.05, 4.69) is 85.3 Å². The summed E-state index contributed by atoms with van der Waals surface area (Å²) in [5, 5.41) is 13.1. The Balaban J connectivity index is 1.62. The molecule has 1 N–H and O–H groups in total. The molecule has 1 nitrogen and oxygen atoms in total.